The number of fused-ring (bicyclic) bond motifs is 1. The minimum atomic E-state index is -0.202. The predicted octanol–water partition coefficient (Wildman–Crippen LogP) is 1.45. The number of hydrogen-bond acceptors (Lipinski definition) is 4. The molecule has 3 heterocycles. The Balaban J connectivity index is 1.46. The van der Waals surface area contributed by atoms with Gasteiger partial charge in [-0.05, 0) is 29.8 Å². The first-order valence-electron chi connectivity index (χ1n) is 8.96. The molecule has 1 aromatic carbocycles. The lowest BCUT2D eigenvalue weighted by Crippen LogP contribution is -2.32. The molecule has 0 spiro atoms. The lowest BCUT2D eigenvalue weighted by Gasteiger charge is -2.15. The first kappa shape index (κ1) is 17.2. The molecular weight excluding hydrogens is 342 g/mol. The van der Waals surface area contributed by atoms with Crippen LogP contribution in [-0.2, 0) is 24.4 Å². The van der Waals surface area contributed by atoms with Crippen molar-refractivity contribution in [3.8, 4) is 0 Å². The molecule has 0 saturated carbocycles. The highest BCUT2D eigenvalue weighted by Gasteiger charge is 2.23. The Bertz CT molecular complexity index is 1010. The number of hydrogen-bond donors (Lipinski definition) is 2. The average molecular weight is 363 g/mol. The summed E-state index contributed by atoms with van der Waals surface area (Å²) in [5, 5.41) is 10.6. The van der Waals surface area contributed by atoms with Crippen molar-refractivity contribution in [2.45, 2.75) is 19.6 Å². The standard InChI is InChI=1S/C20H21N5O2/c26-19-6-1-2-9-24(19)13-15-4-3-5-17(10-15)23-20(27)16-11-21-12-18-7-8-22-25(18)14-16/h1-10,16,21H,11-14H2,(H,23,27). The van der Waals surface area contributed by atoms with Gasteiger partial charge in [-0.1, -0.05) is 18.2 Å². The molecule has 0 bridgehead atoms. The molecular formula is C20H21N5O2. The zero-order valence-electron chi connectivity index (χ0n) is 14.8. The number of anilines is 1. The minimum Gasteiger partial charge on any atom is -0.326 e. The van der Waals surface area contributed by atoms with Gasteiger partial charge in [0.05, 0.1) is 24.7 Å². The summed E-state index contributed by atoms with van der Waals surface area (Å²) in [7, 11) is 0. The van der Waals surface area contributed by atoms with Crippen molar-refractivity contribution in [1.29, 1.82) is 0 Å². The van der Waals surface area contributed by atoms with Crippen LogP contribution in [0.15, 0.2) is 65.7 Å². The molecule has 4 rings (SSSR count). The molecule has 1 amide bonds. The van der Waals surface area contributed by atoms with E-state index >= 15 is 0 Å². The summed E-state index contributed by atoms with van der Waals surface area (Å²) >= 11 is 0. The van der Waals surface area contributed by atoms with Gasteiger partial charge >= 0.3 is 0 Å². The van der Waals surface area contributed by atoms with Crippen LogP contribution >= 0.6 is 0 Å². The lowest BCUT2D eigenvalue weighted by atomic mass is 10.1. The van der Waals surface area contributed by atoms with Gasteiger partial charge in [-0.2, -0.15) is 5.10 Å². The molecule has 2 aromatic heterocycles. The monoisotopic (exact) mass is 363 g/mol. The smallest absolute Gasteiger partial charge is 0.250 e. The van der Waals surface area contributed by atoms with E-state index in [0.29, 0.717) is 26.2 Å². The molecule has 27 heavy (non-hydrogen) atoms. The van der Waals surface area contributed by atoms with Gasteiger partial charge in [0.2, 0.25) is 5.91 Å². The molecule has 1 atom stereocenters. The summed E-state index contributed by atoms with van der Waals surface area (Å²) in [6, 6.07) is 14.6. The van der Waals surface area contributed by atoms with Crippen LogP contribution in [-0.4, -0.2) is 26.8 Å². The van der Waals surface area contributed by atoms with E-state index in [0.717, 1.165) is 16.9 Å². The second-order valence-electron chi connectivity index (χ2n) is 6.69. The van der Waals surface area contributed by atoms with E-state index in [4.69, 9.17) is 0 Å². The third-order valence-electron chi connectivity index (χ3n) is 4.71. The molecule has 2 N–H and O–H groups in total. The Morgan fingerprint density at radius 1 is 1.22 bits per heavy atom. The van der Waals surface area contributed by atoms with Crippen LogP contribution in [0.1, 0.15) is 11.3 Å². The number of nitrogens with zero attached hydrogens (tertiary/aromatic N) is 3. The highest BCUT2D eigenvalue weighted by Crippen LogP contribution is 2.15. The number of rotatable bonds is 4. The fourth-order valence-electron chi connectivity index (χ4n) is 3.28. The molecule has 3 aromatic rings. The van der Waals surface area contributed by atoms with Gasteiger partial charge in [-0.25, -0.2) is 0 Å². The van der Waals surface area contributed by atoms with Crippen LogP contribution in [0.4, 0.5) is 5.69 Å². The largest absolute Gasteiger partial charge is 0.326 e. The van der Waals surface area contributed by atoms with Crippen molar-refractivity contribution in [1.82, 2.24) is 19.7 Å². The molecule has 1 aliphatic rings. The van der Waals surface area contributed by atoms with Crippen LogP contribution in [0.5, 0.6) is 0 Å². The molecule has 7 heteroatoms. The maximum absolute atomic E-state index is 12.7. The van der Waals surface area contributed by atoms with Crippen LogP contribution in [0, 0.1) is 5.92 Å². The number of benzene rings is 1. The number of pyridine rings is 1. The maximum atomic E-state index is 12.7. The van der Waals surface area contributed by atoms with E-state index in [-0.39, 0.29) is 17.4 Å². The van der Waals surface area contributed by atoms with Gasteiger partial charge in [-0.3, -0.25) is 14.3 Å². The van der Waals surface area contributed by atoms with Gasteiger partial charge in [-0.15, -0.1) is 0 Å². The quantitative estimate of drug-likeness (QED) is 0.735. The topological polar surface area (TPSA) is 81.0 Å². The van der Waals surface area contributed by atoms with Crippen molar-refractivity contribution in [3.05, 3.63) is 82.5 Å². The fraction of sp³-hybridized carbons (Fsp3) is 0.250. The minimum absolute atomic E-state index is 0.0418. The van der Waals surface area contributed by atoms with Crippen LogP contribution in [0.25, 0.3) is 0 Å². The number of carbonyl (C=O) groups is 1. The third kappa shape index (κ3) is 3.98. The van der Waals surface area contributed by atoms with Crippen LogP contribution in [0.3, 0.4) is 0 Å². The van der Waals surface area contributed by atoms with Gasteiger partial charge in [0.1, 0.15) is 0 Å². The maximum Gasteiger partial charge on any atom is 0.250 e. The Morgan fingerprint density at radius 3 is 3.04 bits per heavy atom. The van der Waals surface area contributed by atoms with E-state index in [2.05, 4.69) is 15.7 Å². The van der Waals surface area contributed by atoms with Crippen molar-refractivity contribution >= 4 is 11.6 Å². The van der Waals surface area contributed by atoms with Crippen LogP contribution < -0.4 is 16.2 Å². The summed E-state index contributed by atoms with van der Waals surface area (Å²) in [6.45, 7) is 2.34. The zero-order valence-corrected chi connectivity index (χ0v) is 14.8. The SMILES string of the molecule is O=C(Nc1cccc(Cn2ccccc2=O)c1)C1CNCc2ccnn2C1. The molecule has 1 aliphatic heterocycles. The Labute approximate surface area is 156 Å². The first-order chi connectivity index (χ1) is 13.2. The van der Waals surface area contributed by atoms with Crippen molar-refractivity contribution in [2.24, 2.45) is 5.92 Å². The molecule has 7 nitrogen and oxygen atoms in total. The third-order valence-corrected chi connectivity index (χ3v) is 4.71. The van der Waals surface area contributed by atoms with Gasteiger partial charge in [0, 0.05) is 37.2 Å². The van der Waals surface area contributed by atoms with E-state index in [9.17, 15) is 9.59 Å². The number of carbonyl (C=O) groups excluding carboxylic acids is 1. The van der Waals surface area contributed by atoms with Crippen molar-refractivity contribution in [2.75, 3.05) is 11.9 Å². The first-order valence-corrected chi connectivity index (χ1v) is 8.96. The average Bonchev–Trinajstić information content (AvgIpc) is 3.00. The Morgan fingerprint density at radius 2 is 2.15 bits per heavy atom. The second kappa shape index (κ2) is 7.59. The van der Waals surface area contributed by atoms with Gasteiger partial charge < -0.3 is 15.2 Å². The summed E-state index contributed by atoms with van der Waals surface area (Å²) in [5.74, 6) is -0.244. The molecule has 1 unspecified atom stereocenters. The predicted molar refractivity (Wildman–Crippen MR) is 102 cm³/mol. The summed E-state index contributed by atoms with van der Waals surface area (Å²) in [4.78, 5) is 24.6. The molecule has 0 fully saturated rings. The van der Waals surface area contributed by atoms with Crippen molar-refractivity contribution < 1.29 is 4.79 Å². The highest BCUT2D eigenvalue weighted by atomic mass is 16.2. The molecule has 0 radical (unpaired) electrons. The van der Waals surface area contributed by atoms with E-state index < -0.39 is 0 Å². The summed E-state index contributed by atoms with van der Waals surface area (Å²) in [6.07, 6.45) is 3.51. The molecule has 0 aliphatic carbocycles. The van der Waals surface area contributed by atoms with Crippen LogP contribution in [0.2, 0.25) is 0 Å². The summed E-state index contributed by atoms with van der Waals surface area (Å²) in [5.41, 5.74) is 2.72. The van der Waals surface area contributed by atoms with Gasteiger partial charge in [0.15, 0.2) is 0 Å². The van der Waals surface area contributed by atoms with Crippen molar-refractivity contribution in [3.63, 3.8) is 0 Å². The number of nitrogens with one attached hydrogen (secondary N) is 2. The lowest BCUT2D eigenvalue weighted by molar-refractivity contribution is -0.120. The summed E-state index contributed by atoms with van der Waals surface area (Å²) < 4.78 is 3.51. The van der Waals surface area contributed by atoms with Gasteiger partial charge in [0.25, 0.3) is 5.56 Å². The fourth-order valence-corrected chi connectivity index (χ4v) is 3.28. The Hall–Kier alpha value is -3.19. The zero-order chi connectivity index (χ0) is 18.6. The number of amides is 1. The second-order valence-corrected chi connectivity index (χ2v) is 6.69. The molecule has 138 valence electrons. The molecule has 0 saturated heterocycles. The van der Waals surface area contributed by atoms with E-state index in [1.807, 2.05) is 41.1 Å². The number of aromatic nitrogens is 3. The normalized spacial score (nSPS) is 16.4. The van der Waals surface area contributed by atoms with E-state index in [1.165, 1.54) is 6.07 Å². The van der Waals surface area contributed by atoms with E-state index in [1.54, 1.807) is 23.0 Å². The Kier molecular flexibility index (Phi) is 4.84. The highest BCUT2D eigenvalue weighted by molar-refractivity contribution is 5.92.